The van der Waals surface area contributed by atoms with Gasteiger partial charge >= 0.3 is 11.9 Å². The van der Waals surface area contributed by atoms with E-state index in [2.05, 4.69) is 32.6 Å². The maximum Gasteiger partial charge on any atom is 0.341 e. The number of hydrogen-bond donors (Lipinski definition) is 2. The van der Waals surface area contributed by atoms with Gasteiger partial charge in [0.25, 0.3) is 5.91 Å². The van der Waals surface area contributed by atoms with Gasteiger partial charge in [-0.25, -0.2) is 9.59 Å². The van der Waals surface area contributed by atoms with Crippen molar-refractivity contribution in [1.82, 2.24) is 9.62 Å². The Morgan fingerprint density at radius 3 is 2.57 bits per heavy atom. The monoisotopic (exact) mass is 560 g/mol. The van der Waals surface area contributed by atoms with Crippen LogP contribution in [0.2, 0.25) is 0 Å². The number of aliphatic carboxylic acids is 1. The SMILES string of the molecule is O=C(O)COC(=O)c1ccc(SN2C(=O)C(NC(=O)Cc3cccs3)C2CI)cc1. The summed E-state index contributed by atoms with van der Waals surface area (Å²) in [7, 11) is 0. The Morgan fingerprint density at radius 2 is 1.97 bits per heavy atom. The summed E-state index contributed by atoms with van der Waals surface area (Å²) in [6, 6.07) is 9.40. The number of nitrogens with one attached hydrogen (secondary N) is 1. The van der Waals surface area contributed by atoms with Crippen molar-refractivity contribution in [2.24, 2.45) is 0 Å². The van der Waals surface area contributed by atoms with Gasteiger partial charge in [0.2, 0.25) is 5.91 Å². The molecule has 2 aromatic rings. The normalized spacial score (nSPS) is 17.9. The summed E-state index contributed by atoms with van der Waals surface area (Å²) in [4.78, 5) is 48.7. The van der Waals surface area contributed by atoms with E-state index in [0.717, 1.165) is 9.77 Å². The highest BCUT2D eigenvalue weighted by atomic mass is 127. The largest absolute Gasteiger partial charge is 0.479 e. The van der Waals surface area contributed by atoms with Crippen LogP contribution in [-0.2, 0) is 25.5 Å². The smallest absolute Gasteiger partial charge is 0.341 e. The van der Waals surface area contributed by atoms with E-state index < -0.39 is 24.6 Å². The molecule has 0 spiro atoms. The first-order valence-corrected chi connectivity index (χ1v) is 11.9. The first-order valence-electron chi connectivity index (χ1n) is 8.76. The average molecular weight is 560 g/mol. The van der Waals surface area contributed by atoms with Crippen LogP contribution in [0.25, 0.3) is 0 Å². The molecule has 1 aromatic heterocycles. The zero-order valence-electron chi connectivity index (χ0n) is 15.4. The molecule has 2 N–H and O–H groups in total. The lowest BCUT2D eigenvalue weighted by molar-refractivity contribution is -0.143. The highest BCUT2D eigenvalue weighted by molar-refractivity contribution is 14.1. The Kier molecular flexibility index (Phi) is 7.72. The van der Waals surface area contributed by atoms with Crippen LogP contribution < -0.4 is 5.32 Å². The third-order valence-electron chi connectivity index (χ3n) is 4.18. The number of hydrogen-bond acceptors (Lipinski definition) is 7. The summed E-state index contributed by atoms with van der Waals surface area (Å²) in [5.74, 6) is -2.31. The Balaban J connectivity index is 1.55. The fourth-order valence-electron chi connectivity index (χ4n) is 2.71. The van der Waals surface area contributed by atoms with E-state index in [4.69, 9.17) is 5.11 Å². The summed E-state index contributed by atoms with van der Waals surface area (Å²) in [5, 5.41) is 13.3. The lowest BCUT2D eigenvalue weighted by atomic mass is 10.0. The number of halogens is 1. The Labute approximate surface area is 194 Å². The van der Waals surface area contributed by atoms with Gasteiger partial charge in [-0.2, -0.15) is 0 Å². The molecule has 1 aromatic carbocycles. The van der Waals surface area contributed by atoms with Crippen LogP contribution in [0.15, 0.2) is 46.7 Å². The lowest BCUT2D eigenvalue weighted by Gasteiger charge is -2.45. The zero-order chi connectivity index (χ0) is 21.7. The van der Waals surface area contributed by atoms with E-state index in [1.165, 1.54) is 35.4 Å². The number of nitrogens with zero attached hydrogens (tertiary/aromatic N) is 1. The standard InChI is InChI=1S/C19H17IN2O6S2/c20-9-14-17(21-15(23)8-13-2-1-7-29-13)18(26)22(14)30-12-5-3-11(4-6-12)19(27)28-10-16(24)25/h1-7,14,17H,8-10H2,(H,21,23)(H,24,25). The van der Waals surface area contributed by atoms with Crippen molar-refractivity contribution in [3.8, 4) is 0 Å². The number of carboxylic acids is 1. The summed E-state index contributed by atoms with van der Waals surface area (Å²) in [6.45, 7) is -0.700. The molecule has 158 valence electrons. The molecule has 2 heterocycles. The molecule has 1 saturated heterocycles. The molecule has 0 radical (unpaired) electrons. The van der Waals surface area contributed by atoms with Crippen molar-refractivity contribution in [2.75, 3.05) is 11.0 Å². The predicted molar refractivity (Wildman–Crippen MR) is 120 cm³/mol. The second-order valence-electron chi connectivity index (χ2n) is 6.27. The summed E-state index contributed by atoms with van der Waals surface area (Å²) in [5.41, 5.74) is 0.222. The summed E-state index contributed by atoms with van der Waals surface area (Å²) in [6.07, 6.45) is 0.252. The molecule has 8 nitrogen and oxygen atoms in total. The van der Waals surface area contributed by atoms with Crippen LogP contribution in [0.5, 0.6) is 0 Å². The topological polar surface area (TPSA) is 113 Å². The molecule has 1 aliphatic heterocycles. The Hall–Kier alpha value is -2.12. The fraction of sp³-hybridized carbons (Fsp3) is 0.263. The molecule has 0 saturated carbocycles. The minimum absolute atomic E-state index is 0.143. The lowest BCUT2D eigenvalue weighted by Crippen LogP contribution is -2.69. The minimum Gasteiger partial charge on any atom is -0.479 e. The molecule has 30 heavy (non-hydrogen) atoms. The van der Waals surface area contributed by atoms with E-state index in [9.17, 15) is 19.2 Å². The van der Waals surface area contributed by atoms with Crippen molar-refractivity contribution >= 4 is 69.6 Å². The Morgan fingerprint density at radius 1 is 1.23 bits per heavy atom. The Bertz CT molecular complexity index is 935. The van der Waals surface area contributed by atoms with Crippen molar-refractivity contribution in [3.63, 3.8) is 0 Å². The second kappa shape index (κ2) is 10.3. The van der Waals surface area contributed by atoms with Crippen LogP contribution in [0.4, 0.5) is 0 Å². The van der Waals surface area contributed by atoms with Crippen molar-refractivity contribution in [3.05, 3.63) is 52.2 Å². The molecule has 1 fully saturated rings. The number of carboxylic acid groups (broad SMARTS) is 1. The highest BCUT2D eigenvalue weighted by Crippen LogP contribution is 2.35. The first kappa shape index (κ1) is 22.6. The van der Waals surface area contributed by atoms with Crippen LogP contribution >= 0.6 is 45.9 Å². The second-order valence-corrected chi connectivity index (χ2v) is 9.23. The highest BCUT2D eigenvalue weighted by Gasteiger charge is 2.48. The number of β-lactam (4-membered cyclic amide) rings is 1. The third-order valence-corrected chi connectivity index (χ3v) is 7.09. The molecule has 0 bridgehead atoms. The molecule has 11 heteroatoms. The van der Waals surface area contributed by atoms with Crippen molar-refractivity contribution in [1.29, 1.82) is 0 Å². The molecule has 2 unspecified atom stereocenters. The van der Waals surface area contributed by atoms with Gasteiger partial charge in [-0.1, -0.05) is 28.7 Å². The quantitative estimate of drug-likeness (QED) is 0.159. The molecule has 2 amide bonds. The fourth-order valence-corrected chi connectivity index (χ4v) is 5.61. The number of ether oxygens (including phenoxy) is 1. The van der Waals surface area contributed by atoms with Gasteiger partial charge in [-0.15, -0.1) is 11.3 Å². The van der Waals surface area contributed by atoms with Gasteiger partial charge in [-0.05, 0) is 47.7 Å². The van der Waals surface area contributed by atoms with Crippen molar-refractivity contribution < 1.29 is 29.0 Å². The van der Waals surface area contributed by atoms with Gasteiger partial charge in [-0.3, -0.25) is 13.9 Å². The van der Waals surface area contributed by atoms with Gasteiger partial charge in [0.15, 0.2) is 6.61 Å². The number of alkyl halides is 1. The van der Waals surface area contributed by atoms with Gasteiger partial charge in [0, 0.05) is 14.2 Å². The third kappa shape index (κ3) is 5.52. The number of carbonyl (C=O) groups excluding carboxylic acids is 3. The molecule has 1 aliphatic rings. The average Bonchev–Trinajstić information content (AvgIpc) is 3.24. The number of rotatable bonds is 9. The van der Waals surface area contributed by atoms with E-state index in [-0.39, 0.29) is 29.8 Å². The summed E-state index contributed by atoms with van der Waals surface area (Å²) < 4.78 is 6.90. The van der Waals surface area contributed by atoms with Crippen LogP contribution in [0.3, 0.4) is 0 Å². The van der Waals surface area contributed by atoms with Gasteiger partial charge in [0.05, 0.1) is 18.0 Å². The van der Waals surface area contributed by atoms with Crippen LogP contribution in [0.1, 0.15) is 15.2 Å². The number of carbonyl (C=O) groups is 4. The molecule has 0 aliphatic carbocycles. The van der Waals surface area contributed by atoms with E-state index in [0.29, 0.717) is 4.43 Å². The van der Waals surface area contributed by atoms with Crippen LogP contribution in [-0.4, -0.2) is 56.3 Å². The van der Waals surface area contributed by atoms with Crippen molar-refractivity contribution in [2.45, 2.75) is 23.4 Å². The van der Waals surface area contributed by atoms with E-state index >= 15 is 0 Å². The van der Waals surface area contributed by atoms with Gasteiger partial charge in [0.1, 0.15) is 6.04 Å². The maximum atomic E-state index is 12.6. The maximum absolute atomic E-state index is 12.6. The predicted octanol–water partition coefficient (Wildman–Crippen LogP) is 2.37. The number of amides is 2. The van der Waals surface area contributed by atoms with Gasteiger partial charge < -0.3 is 15.2 Å². The first-order chi connectivity index (χ1) is 14.4. The summed E-state index contributed by atoms with van der Waals surface area (Å²) >= 11 is 4.91. The number of thiophene rings is 1. The molecular formula is C19H17IN2O6S2. The van der Waals surface area contributed by atoms with E-state index in [1.54, 1.807) is 16.4 Å². The van der Waals surface area contributed by atoms with Crippen LogP contribution in [0, 0.1) is 0 Å². The molecule has 2 atom stereocenters. The number of benzene rings is 1. The zero-order valence-corrected chi connectivity index (χ0v) is 19.2. The van der Waals surface area contributed by atoms with E-state index in [1.807, 2.05) is 17.5 Å². The number of esters is 1. The molecular weight excluding hydrogens is 543 g/mol. The minimum atomic E-state index is -1.23. The molecule has 3 rings (SSSR count).